The number of benzene rings is 1. The number of rotatable bonds is 2. The number of aromatic nitrogens is 1. The minimum atomic E-state index is -0.738. The Morgan fingerprint density at radius 3 is 2.65 bits per heavy atom. The van der Waals surface area contributed by atoms with Gasteiger partial charge >= 0.3 is 5.97 Å². The summed E-state index contributed by atoms with van der Waals surface area (Å²) >= 11 is 0. The molecule has 0 radical (unpaired) electrons. The van der Waals surface area contributed by atoms with Crippen molar-refractivity contribution in [2.45, 2.75) is 39.5 Å². The van der Waals surface area contributed by atoms with E-state index in [1.54, 1.807) is 0 Å². The van der Waals surface area contributed by atoms with Crippen molar-refractivity contribution in [3.05, 3.63) is 30.2 Å². The summed E-state index contributed by atoms with van der Waals surface area (Å²) in [5, 5.41) is 9.56. The molecule has 2 aromatic rings. The first-order valence-corrected chi connectivity index (χ1v) is 6.95. The quantitative estimate of drug-likeness (QED) is 0.903. The zero-order chi connectivity index (χ0) is 14.5. The molecule has 4 heteroatoms. The topological polar surface area (TPSA) is 63.3 Å². The van der Waals surface area contributed by atoms with Gasteiger partial charge in [0.15, 0.2) is 11.5 Å². The van der Waals surface area contributed by atoms with Gasteiger partial charge in [0.1, 0.15) is 5.52 Å². The molecule has 1 saturated carbocycles. The maximum absolute atomic E-state index is 11.6. The highest BCUT2D eigenvalue weighted by molar-refractivity contribution is 5.76. The van der Waals surface area contributed by atoms with Crippen molar-refractivity contribution in [3.8, 4) is 0 Å². The van der Waals surface area contributed by atoms with E-state index >= 15 is 0 Å². The first kappa shape index (κ1) is 13.2. The Kier molecular flexibility index (Phi) is 2.68. The number of carbonyl (C=O) groups is 1. The summed E-state index contributed by atoms with van der Waals surface area (Å²) in [7, 11) is 0. The average molecular weight is 273 g/mol. The minimum Gasteiger partial charge on any atom is -0.481 e. The number of hydrogen-bond acceptors (Lipinski definition) is 3. The van der Waals surface area contributed by atoms with Crippen LogP contribution in [0.4, 0.5) is 0 Å². The molecule has 20 heavy (non-hydrogen) atoms. The Bertz CT molecular complexity index is 640. The van der Waals surface area contributed by atoms with E-state index < -0.39 is 11.4 Å². The second-order valence-corrected chi connectivity index (χ2v) is 6.47. The van der Waals surface area contributed by atoms with Crippen molar-refractivity contribution in [2.75, 3.05) is 0 Å². The lowest BCUT2D eigenvalue weighted by atomic mass is 9.66. The molecule has 0 spiro atoms. The van der Waals surface area contributed by atoms with Crippen molar-refractivity contribution in [3.63, 3.8) is 0 Å². The number of carboxylic acid groups (broad SMARTS) is 1. The summed E-state index contributed by atoms with van der Waals surface area (Å²) in [4.78, 5) is 16.2. The van der Waals surface area contributed by atoms with Crippen molar-refractivity contribution in [1.82, 2.24) is 4.98 Å². The standard InChI is InChI=1S/C16H19NO3/c1-15(2)10(8-9-16(15,3)14(18)19)13-17-11-6-4-5-7-12(11)20-13/h4-7,10H,8-9H2,1-3H3,(H,18,19)/t10-,16+/m1/s1. The molecule has 1 N–H and O–H groups in total. The molecular formula is C16H19NO3. The van der Waals surface area contributed by atoms with Crippen LogP contribution in [0.2, 0.25) is 0 Å². The predicted molar refractivity (Wildman–Crippen MR) is 75.5 cm³/mol. The summed E-state index contributed by atoms with van der Waals surface area (Å²) in [6.07, 6.45) is 1.45. The number of para-hydroxylation sites is 2. The summed E-state index contributed by atoms with van der Waals surface area (Å²) in [5.74, 6) is -0.0294. The van der Waals surface area contributed by atoms with Gasteiger partial charge in [0.2, 0.25) is 0 Å². The second-order valence-electron chi connectivity index (χ2n) is 6.47. The third-order valence-corrected chi connectivity index (χ3v) is 5.31. The van der Waals surface area contributed by atoms with E-state index in [1.807, 2.05) is 45.0 Å². The van der Waals surface area contributed by atoms with Gasteiger partial charge in [0.25, 0.3) is 0 Å². The van der Waals surface area contributed by atoms with E-state index in [2.05, 4.69) is 4.98 Å². The molecule has 0 aliphatic heterocycles. The molecule has 1 heterocycles. The highest BCUT2D eigenvalue weighted by atomic mass is 16.4. The fraction of sp³-hybridized carbons (Fsp3) is 0.500. The highest BCUT2D eigenvalue weighted by Crippen LogP contribution is 2.59. The molecule has 106 valence electrons. The van der Waals surface area contributed by atoms with Crippen LogP contribution in [0.15, 0.2) is 28.7 Å². The fourth-order valence-corrected chi connectivity index (χ4v) is 3.35. The van der Waals surface area contributed by atoms with Crippen molar-refractivity contribution >= 4 is 17.1 Å². The van der Waals surface area contributed by atoms with Crippen LogP contribution < -0.4 is 0 Å². The van der Waals surface area contributed by atoms with Crippen LogP contribution in [-0.4, -0.2) is 16.1 Å². The largest absolute Gasteiger partial charge is 0.481 e. The maximum atomic E-state index is 11.6. The van der Waals surface area contributed by atoms with Crippen LogP contribution in [0.5, 0.6) is 0 Å². The van der Waals surface area contributed by atoms with Crippen LogP contribution >= 0.6 is 0 Å². The van der Waals surface area contributed by atoms with Crippen molar-refractivity contribution in [1.29, 1.82) is 0 Å². The van der Waals surface area contributed by atoms with Crippen LogP contribution in [0.3, 0.4) is 0 Å². The second kappa shape index (κ2) is 4.08. The lowest BCUT2D eigenvalue weighted by Gasteiger charge is -2.37. The van der Waals surface area contributed by atoms with Gasteiger partial charge in [-0.25, -0.2) is 4.98 Å². The molecule has 0 unspecified atom stereocenters. The van der Waals surface area contributed by atoms with Gasteiger partial charge in [-0.3, -0.25) is 4.79 Å². The maximum Gasteiger partial charge on any atom is 0.309 e. The summed E-state index contributed by atoms with van der Waals surface area (Å²) in [6, 6.07) is 7.65. The van der Waals surface area contributed by atoms with E-state index in [4.69, 9.17) is 4.42 Å². The van der Waals surface area contributed by atoms with Gasteiger partial charge in [-0.1, -0.05) is 26.0 Å². The Morgan fingerprint density at radius 2 is 2.05 bits per heavy atom. The summed E-state index contributed by atoms with van der Waals surface area (Å²) in [6.45, 7) is 5.85. The number of fused-ring (bicyclic) bond motifs is 1. The van der Waals surface area contributed by atoms with Crippen LogP contribution in [0.25, 0.3) is 11.1 Å². The Balaban J connectivity index is 2.05. The van der Waals surface area contributed by atoms with Crippen LogP contribution in [0.1, 0.15) is 45.4 Å². The lowest BCUT2D eigenvalue weighted by molar-refractivity contribution is -0.153. The van der Waals surface area contributed by atoms with Gasteiger partial charge < -0.3 is 9.52 Å². The van der Waals surface area contributed by atoms with E-state index in [0.29, 0.717) is 12.3 Å². The third kappa shape index (κ3) is 1.60. The molecule has 3 rings (SSSR count). The smallest absolute Gasteiger partial charge is 0.309 e. The minimum absolute atomic E-state index is 0.0380. The Morgan fingerprint density at radius 1 is 1.35 bits per heavy atom. The van der Waals surface area contributed by atoms with Crippen LogP contribution in [0, 0.1) is 10.8 Å². The van der Waals surface area contributed by atoms with Crippen molar-refractivity contribution in [2.24, 2.45) is 10.8 Å². The fourth-order valence-electron chi connectivity index (χ4n) is 3.35. The van der Waals surface area contributed by atoms with E-state index in [1.165, 1.54) is 0 Å². The number of oxazole rings is 1. The van der Waals surface area contributed by atoms with Gasteiger partial charge in [0, 0.05) is 5.92 Å². The van der Waals surface area contributed by atoms with E-state index in [-0.39, 0.29) is 11.3 Å². The molecule has 0 bridgehead atoms. The lowest BCUT2D eigenvalue weighted by Crippen LogP contribution is -2.40. The summed E-state index contributed by atoms with van der Waals surface area (Å²) < 4.78 is 5.86. The molecule has 4 nitrogen and oxygen atoms in total. The third-order valence-electron chi connectivity index (χ3n) is 5.31. The number of hydrogen-bond donors (Lipinski definition) is 1. The molecule has 1 fully saturated rings. The molecule has 1 aliphatic carbocycles. The van der Waals surface area contributed by atoms with Gasteiger partial charge in [-0.05, 0) is 37.3 Å². The number of nitrogens with zero attached hydrogens (tertiary/aromatic N) is 1. The van der Waals surface area contributed by atoms with Gasteiger partial charge in [-0.2, -0.15) is 0 Å². The molecule has 0 amide bonds. The van der Waals surface area contributed by atoms with Gasteiger partial charge in [0.05, 0.1) is 5.41 Å². The SMILES string of the molecule is CC1(C)[C@@H](c2nc3ccccc3o2)CC[C@@]1(C)C(=O)O. The zero-order valence-corrected chi connectivity index (χ0v) is 12.0. The van der Waals surface area contributed by atoms with E-state index in [9.17, 15) is 9.90 Å². The average Bonchev–Trinajstić information content (AvgIpc) is 2.90. The summed E-state index contributed by atoms with van der Waals surface area (Å²) in [5.41, 5.74) is 0.474. The first-order chi connectivity index (χ1) is 9.36. The molecule has 2 atom stereocenters. The first-order valence-electron chi connectivity index (χ1n) is 6.95. The normalized spacial score (nSPS) is 28.9. The van der Waals surface area contributed by atoms with E-state index in [0.717, 1.165) is 17.5 Å². The number of aliphatic carboxylic acids is 1. The molecular weight excluding hydrogens is 254 g/mol. The van der Waals surface area contributed by atoms with Crippen LogP contribution in [-0.2, 0) is 4.79 Å². The highest BCUT2D eigenvalue weighted by Gasteiger charge is 2.57. The Labute approximate surface area is 117 Å². The zero-order valence-electron chi connectivity index (χ0n) is 12.0. The molecule has 1 aromatic carbocycles. The molecule has 1 aliphatic rings. The van der Waals surface area contributed by atoms with Crippen molar-refractivity contribution < 1.29 is 14.3 Å². The molecule has 1 aromatic heterocycles. The Hall–Kier alpha value is -1.84. The van der Waals surface area contributed by atoms with Gasteiger partial charge in [-0.15, -0.1) is 0 Å². The predicted octanol–water partition coefficient (Wildman–Crippen LogP) is 3.82. The number of carboxylic acids is 1. The molecule has 0 saturated heterocycles. The monoisotopic (exact) mass is 273 g/mol.